The highest BCUT2D eigenvalue weighted by Crippen LogP contribution is 2.11. The van der Waals surface area contributed by atoms with Crippen LogP contribution in [-0.4, -0.2) is 29.0 Å². The van der Waals surface area contributed by atoms with Crippen molar-refractivity contribution in [3.63, 3.8) is 0 Å². The van der Waals surface area contributed by atoms with Crippen LogP contribution in [-0.2, 0) is 0 Å². The smallest absolute Gasteiger partial charge is 0.119 e. The van der Waals surface area contributed by atoms with E-state index in [1.165, 1.54) is 5.56 Å². The molecule has 1 aromatic carbocycles. The van der Waals surface area contributed by atoms with Crippen LogP contribution in [0.25, 0.3) is 0 Å². The highest BCUT2D eigenvalue weighted by Gasteiger charge is 1.99. The van der Waals surface area contributed by atoms with Crippen molar-refractivity contribution in [1.29, 1.82) is 0 Å². The lowest BCUT2D eigenvalue weighted by molar-refractivity contribution is 0.185. The fourth-order valence-corrected chi connectivity index (χ4v) is 1.82. The van der Waals surface area contributed by atoms with E-state index in [1.54, 1.807) is 12.2 Å². The summed E-state index contributed by atoms with van der Waals surface area (Å²) in [5.41, 5.74) is 1.18. The second kappa shape index (κ2) is 12.9. The maximum absolute atomic E-state index is 9.77. The van der Waals surface area contributed by atoms with E-state index in [2.05, 4.69) is 23.7 Å². The van der Waals surface area contributed by atoms with Crippen molar-refractivity contribution in [3.8, 4) is 29.4 Å². The minimum Gasteiger partial charge on any atom is -0.493 e. The topological polar surface area (TPSA) is 49.7 Å². The molecule has 0 unspecified atom stereocenters. The fourth-order valence-electron chi connectivity index (χ4n) is 1.82. The maximum atomic E-state index is 9.77. The van der Waals surface area contributed by atoms with E-state index in [0.29, 0.717) is 19.4 Å². The van der Waals surface area contributed by atoms with Crippen molar-refractivity contribution in [2.75, 3.05) is 6.61 Å². The molecule has 0 radical (unpaired) electrons. The zero-order valence-electron chi connectivity index (χ0n) is 14.9. The Balaban J connectivity index is 2.25. The molecule has 3 nitrogen and oxygen atoms in total. The van der Waals surface area contributed by atoms with Gasteiger partial charge in [-0.05, 0) is 37.6 Å². The number of aryl methyl sites for hydroxylation is 1. The third kappa shape index (κ3) is 10.8. The normalized spacial score (nSPS) is 13.0. The van der Waals surface area contributed by atoms with Gasteiger partial charge in [-0.1, -0.05) is 60.5 Å². The molecule has 1 aromatic rings. The van der Waals surface area contributed by atoms with Gasteiger partial charge in [0.15, 0.2) is 0 Å². The molecule has 0 saturated carbocycles. The third-order valence-corrected chi connectivity index (χ3v) is 3.19. The molecule has 1 rings (SSSR count). The summed E-state index contributed by atoms with van der Waals surface area (Å²) in [7, 11) is 0. The van der Waals surface area contributed by atoms with E-state index in [-0.39, 0.29) is 0 Å². The summed E-state index contributed by atoms with van der Waals surface area (Å²) in [4.78, 5) is 0. The van der Waals surface area contributed by atoms with Gasteiger partial charge >= 0.3 is 0 Å². The predicted octanol–water partition coefficient (Wildman–Crippen LogP) is 3.41. The molecule has 2 atom stereocenters. The SMILES string of the molecule is CC/C=C\C[C@H](O)C#C/C=C\C#C[C@@H](O)CCOc1ccc(C)cc1. The highest BCUT2D eigenvalue weighted by molar-refractivity contribution is 5.27. The van der Waals surface area contributed by atoms with Gasteiger partial charge in [-0.25, -0.2) is 0 Å². The van der Waals surface area contributed by atoms with E-state index < -0.39 is 12.2 Å². The molecule has 0 saturated heterocycles. The summed E-state index contributed by atoms with van der Waals surface area (Å²) in [5.74, 6) is 11.7. The molecule has 0 fully saturated rings. The number of allylic oxidation sites excluding steroid dienone is 3. The Labute approximate surface area is 151 Å². The van der Waals surface area contributed by atoms with Crippen LogP contribution >= 0.6 is 0 Å². The summed E-state index contributed by atoms with van der Waals surface area (Å²) in [6, 6.07) is 7.77. The molecule has 0 aliphatic rings. The lowest BCUT2D eigenvalue weighted by Gasteiger charge is -2.07. The van der Waals surface area contributed by atoms with Crippen LogP contribution in [0.5, 0.6) is 5.75 Å². The van der Waals surface area contributed by atoms with Gasteiger partial charge in [-0.15, -0.1) is 0 Å². The predicted molar refractivity (Wildman–Crippen MR) is 102 cm³/mol. The number of hydrogen-bond acceptors (Lipinski definition) is 3. The molecular weight excluding hydrogens is 312 g/mol. The second-order valence-electron chi connectivity index (χ2n) is 5.51. The molecule has 0 spiro atoms. The number of aliphatic hydroxyl groups excluding tert-OH is 2. The van der Waals surface area contributed by atoms with Gasteiger partial charge in [-0.2, -0.15) is 0 Å². The van der Waals surface area contributed by atoms with Crippen LogP contribution in [0.2, 0.25) is 0 Å². The van der Waals surface area contributed by atoms with E-state index in [1.807, 2.05) is 50.3 Å². The molecule has 0 amide bonds. The second-order valence-corrected chi connectivity index (χ2v) is 5.51. The number of ether oxygens (including phenoxy) is 1. The first kappa shape index (κ1) is 20.6. The van der Waals surface area contributed by atoms with Gasteiger partial charge in [0.2, 0.25) is 0 Å². The van der Waals surface area contributed by atoms with Crippen LogP contribution in [0.1, 0.15) is 31.7 Å². The monoisotopic (exact) mass is 338 g/mol. The molecule has 0 bridgehead atoms. The summed E-state index contributed by atoms with van der Waals surface area (Å²) in [6.45, 7) is 4.46. The molecular formula is C22H26O3. The molecule has 0 aliphatic heterocycles. The summed E-state index contributed by atoms with van der Waals surface area (Å²) in [5, 5.41) is 19.3. The molecule has 0 aliphatic carbocycles. The first-order chi connectivity index (χ1) is 12.1. The highest BCUT2D eigenvalue weighted by atomic mass is 16.5. The largest absolute Gasteiger partial charge is 0.493 e. The van der Waals surface area contributed by atoms with Crippen molar-refractivity contribution >= 4 is 0 Å². The Morgan fingerprint density at radius 2 is 1.64 bits per heavy atom. The minimum atomic E-state index is -0.743. The van der Waals surface area contributed by atoms with Gasteiger partial charge in [0, 0.05) is 12.8 Å². The number of aliphatic hydroxyl groups is 2. The quantitative estimate of drug-likeness (QED) is 0.592. The van der Waals surface area contributed by atoms with Crippen LogP contribution in [0.4, 0.5) is 0 Å². The lowest BCUT2D eigenvalue weighted by atomic mass is 10.2. The molecule has 25 heavy (non-hydrogen) atoms. The first-order valence-corrected chi connectivity index (χ1v) is 8.49. The summed E-state index contributed by atoms with van der Waals surface area (Å²) >= 11 is 0. The molecule has 3 heteroatoms. The van der Waals surface area contributed by atoms with E-state index in [4.69, 9.17) is 4.74 Å². The van der Waals surface area contributed by atoms with Gasteiger partial charge in [0.05, 0.1) is 6.61 Å². The van der Waals surface area contributed by atoms with E-state index >= 15 is 0 Å². The average Bonchev–Trinajstić information content (AvgIpc) is 2.60. The van der Waals surface area contributed by atoms with Crippen molar-refractivity contribution in [3.05, 3.63) is 54.1 Å². The Bertz CT molecular complexity index is 663. The number of rotatable bonds is 7. The van der Waals surface area contributed by atoms with E-state index in [0.717, 1.165) is 12.2 Å². The van der Waals surface area contributed by atoms with Crippen LogP contribution < -0.4 is 4.74 Å². The van der Waals surface area contributed by atoms with Crippen molar-refractivity contribution < 1.29 is 14.9 Å². The van der Waals surface area contributed by atoms with Crippen LogP contribution in [0, 0.1) is 30.6 Å². The van der Waals surface area contributed by atoms with Gasteiger partial charge in [0.25, 0.3) is 0 Å². The van der Waals surface area contributed by atoms with Gasteiger partial charge in [0.1, 0.15) is 18.0 Å². The Kier molecular flexibility index (Phi) is 10.6. The van der Waals surface area contributed by atoms with Crippen LogP contribution in [0.3, 0.4) is 0 Å². The molecule has 132 valence electrons. The zero-order valence-corrected chi connectivity index (χ0v) is 14.9. The maximum Gasteiger partial charge on any atom is 0.119 e. The Hall–Kier alpha value is -2.46. The first-order valence-electron chi connectivity index (χ1n) is 8.49. The average molecular weight is 338 g/mol. The van der Waals surface area contributed by atoms with Crippen molar-refractivity contribution in [2.24, 2.45) is 0 Å². The minimum absolute atomic E-state index is 0.403. The Morgan fingerprint density at radius 1 is 1.00 bits per heavy atom. The molecule has 0 heterocycles. The van der Waals surface area contributed by atoms with Crippen molar-refractivity contribution in [2.45, 2.75) is 45.3 Å². The number of hydrogen-bond donors (Lipinski definition) is 2. The van der Waals surface area contributed by atoms with Crippen LogP contribution in [0.15, 0.2) is 48.6 Å². The summed E-state index contributed by atoms with van der Waals surface area (Å²) in [6.07, 6.45) is 7.55. The van der Waals surface area contributed by atoms with Gasteiger partial charge < -0.3 is 14.9 Å². The third-order valence-electron chi connectivity index (χ3n) is 3.19. The standard InChI is InChI=1S/C22H26O3/c1-3-4-7-10-20(23)11-8-5-6-9-12-21(24)17-18-25-22-15-13-19(2)14-16-22/h4-7,13-16,20-21,23-24H,3,10,17-18H2,1-2H3/b6-5-,7-4-/t20-,21+/m0/s1. The summed E-state index contributed by atoms with van der Waals surface area (Å²) < 4.78 is 5.54. The fraction of sp³-hybridized carbons (Fsp3) is 0.364. The van der Waals surface area contributed by atoms with Crippen molar-refractivity contribution in [1.82, 2.24) is 0 Å². The molecule has 2 N–H and O–H groups in total. The lowest BCUT2D eigenvalue weighted by Crippen LogP contribution is -2.09. The number of benzene rings is 1. The Morgan fingerprint density at radius 3 is 2.28 bits per heavy atom. The molecule has 0 aromatic heterocycles. The van der Waals surface area contributed by atoms with Gasteiger partial charge in [-0.3, -0.25) is 0 Å². The zero-order chi connectivity index (χ0) is 18.3. The van der Waals surface area contributed by atoms with E-state index in [9.17, 15) is 10.2 Å².